The van der Waals surface area contributed by atoms with Crippen LogP contribution in [0.5, 0.6) is 0 Å². The molecule has 0 radical (unpaired) electrons. The van der Waals surface area contributed by atoms with E-state index in [0.29, 0.717) is 26.2 Å². The van der Waals surface area contributed by atoms with Gasteiger partial charge in [-0.05, 0) is 23.8 Å². The van der Waals surface area contributed by atoms with Gasteiger partial charge in [0, 0.05) is 45.1 Å². The number of halogens is 4. The van der Waals surface area contributed by atoms with Crippen LogP contribution in [0.25, 0.3) is 0 Å². The summed E-state index contributed by atoms with van der Waals surface area (Å²) in [7, 11) is 0. The van der Waals surface area contributed by atoms with E-state index in [2.05, 4.69) is 9.97 Å². The molecule has 3 heterocycles. The fourth-order valence-corrected chi connectivity index (χ4v) is 2.79. The minimum atomic E-state index is -4.46. The Morgan fingerprint density at radius 3 is 2.29 bits per heavy atom. The third-order valence-electron chi connectivity index (χ3n) is 3.96. The molecule has 1 aliphatic rings. The molecular weight excluding hydrogens is 324 g/mol. The van der Waals surface area contributed by atoms with Crippen LogP contribution in [0.4, 0.5) is 23.4 Å². The molecule has 1 fully saturated rings. The number of alkyl halides is 3. The minimum Gasteiger partial charge on any atom is -0.352 e. The molecular formula is C16H16F4N4. The molecule has 0 unspecified atom stereocenters. The normalized spacial score (nSPS) is 16.4. The molecule has 0 bridgehead atoms. The van der Waals surface area contributed by atoms with Crippen molar-refractivity contribution in [3.05, 3.63) is 53.7 Å². The number of piperazine rings is 1. The summed E-state index contributed by atoms with van der Waals surface area (Å²) >= 11 is 0. The highest BCUT2D eigenvalue weighted by atomic mass is 19.4. The summed E-state index contributed by atoms with van der Waals surface area (Å²) < 4.78 is 52.7. The van der Waals surface area contributed by atoms with E-state index < -0.39 is 17.7 Å². The maximum absolute atomic E-state index is 13.8. The molecule has 0 N–H and O–H groups in total. The van der Waals surface area contributed by atoms with Gasteiger partial charge in [-0.3, -0.25) is 9.88 Å². The monoisotopic (exact) mass is 340 g/mol. The van der Waals surface area contributed by atoms with Gasteiger partial charge in [0.25, 0.3) is 0 Å². The van der Waals surface area contributed by atoms with Crippen molar-refractivity contribution in [1.82, 2.24) is 14.9 Å². The van der Waals surface area contributed by atoms with Crippen molar-refractivity contribution in [3.8, 4) is 0 Å². The Labute approximate surface area is 136 Å². The number of hydrogen-bond donors (Lipinski definition) is 0. The summed E-state index contributed by atoms with van der Waals surface area (Å²) in [6.45, 7) is 2.25. The third-order valence-corrected chi connectivity index (χ3v) is 3.96. The van der Waals surface area contributed by atoms with E-state index in [1.165, 1.54) is 30.5 Å². The molecule has 0 spiro atoms. The lowest BCUT2D eigenvalue weighted by Gasteiger charge is -2.35. The Morgan fingerprint density at radius 2 is 1.62 bits per heavy atom. The predicted octanol–water partition coefficient (Wildman–Crippen LogP) is 2.96. The fourth-order valence-electron chi connectivity index (χ4n) is 2.79. The van der Waals surface area contributed by atoms with Gasteiger partial charge in [0.05, 0.1) is 0 Å². The molecule has 2 aromatic rings. The highest BCUT2D eigenvalue weighted by Gasteiger charge is 2.35. The van der Waals surface area contributed by atoms with Gasteiger partial charge < -0.3 is 4.90 Å². The first-order valence-electron chi connectivity index (χ1n) is 7.54. The summed E-state index contributed by atoms with van der Waals surface area (Å²) in [5, 5.41) is 0. The van der Waals surface area contributed by atoms with E-state index in [0.717, 1.165) is 6.20 Å². The molecule has 2 aromatic heterocycles. The Balaban J connectivity index is 1.66. The van der Waals surface area contributed by atoms with Crippen molar-refractivity contribution in [1.29, 1.82) is 0 Å². The molecule has 1 aliphatic heterocycles. The maximum Gasteiger partial charge on any atom is 0.433 e. The standard InChI is InChI=1S/C16H16F4N4/c17-13-4-2-6-22-15(13)24-9-7-23(8-10-24)11-12-3-1-5-21-14(12)16(18,19)20/h1-6H,7-11H2. The molecule has 0 amide bonds. The Kier molecular flexibility index (Phi) is 4.66. The molecule has 0 saturated carbocycles. The molecule has 128 valence electrons. The van der Waals surface area contributed by atoms with Gasteiger partial charge >= 0.3 is 6.18 Å². The van der Waals surface area contributed by atoms with Crippen molar-refractivity contribution in [2.75, 3.05) is 31.1 Å². The van der Waals surface area contributed by atoms with Crippen molar-refractivity contribution < 1.29 is 17.6 Å². The van der Waals surface area contributed by atoms with Crippen LogP contribution < -0.4 is 4.90 Å². The second-order valence-electron chi connectivity index (χ2n) is 5.58. The van der Waals surface area contributed by atoms with Gasteiger partial charge in [-0.1, -0.05) is 6.07 Å². The Morgan fingerprint density at radius 1 is 0.958 bits per heavy atom. The zero-order chi connectivity index (χ0) is 17.2. The number of anilines is 1. The van der Waals surface area contributed by atoms with E-state index in [1.807, 2.05) is 4.90 Å². The molecule has 0 aliphatic carbocycles. The van der Waals surface area contributed by atoms with E-state index in [1.54, 1.807) is 4.90 Å². The highest BCUT2D eigenvalue weighted by molar-refractivity contribution is 5.40. The lowest BCUT2D eigenvalue weighted by Crippen LogP contribution is -2.46. The average molecular weight is 340 g/mol. The summed E-state index contributed by atoms with van der Waals surface area (Å²) in [5.41, 5.74) is -0.689. The molecule has 1 saturated heterocycles. The van der Waals surface area contributed by atoms with Crippen LogP contribution in [0.1, 0.15) is 11.3 Å². The van der Waals surface area contributed by atoms with Crippen LogP contribution in [-0.2, 0) is 12.7 Å². The van der Waals surface area contributed by atoms with Gasteiger partial charge in [0.1, 0.15) is 5.69 Å². The topological polar surface area (TPSA) is 32.3 Å². The summed E-state index contributed by atoms with van der Waals surface area (Å²) in [6, 6.07) is 5.82. The van der Waals surface area contributed by atoms with Crippen LogP contribution in [0, 0.1) is 5.82 Å². The summed E-state index contributed by atoms with van der Waals surface area (Å²) in [5.74, 6) is -0.105. The second kappa shape index (κ2) is 6.72. The smallest absolute Gasteiger partial charge is 0.352 e. The van der Waals surface area contributed by atoms with Crippen molar-refractivity contribution >= 4 is 5.82 Å². The van der Waals surface area contributed by atoms with Gasteiger partial charge in [-0.2, -0.15) is 13.2 Å². The summed E-state index contributed by atoms with van der Waals surface area (Å²) in [6.07, 6.45) is -1.79. The van der Waals surface area contributed by atoms with Crippen molar-refractivity contribution in [3.63, 3.8) is 0 Å². The highest BCUT2D eigenvalue weighted by Crippen LogP contribution is 2.30. The molecule has 3 rings (SSSR count). The lowest BCUT2D eigenvalue weighted by molar-refractivity contribution is -0.142. The maximum atomic E-state index is 13.8. The van der Waals surface area contributed by atoms with Crippen molar-refractivity contribution in [2.45, 2.75) is 12.7 Å². The first-order chi connectivity index (χ1) is 11.4. The van der Waals surface area contributed by atoms with Crippen LogP contribution in [-0.4, -0.2) is 41.0 Å². The molecule has 0 atom stereocenters. The van der Waals surface area contributed by atoms with Crippen LogP contribution in [0.3, 0.4) is 0 Å². The van der Waals surface area contributed by atoms with Gasteiger partial charge in [-0.15, -0.1) is 0 Å². The number of rotatable bonds is 3. The minimum absolute atomic E-state index is 0.155. The zero-order valence-corrected chi connectivity index (χ0v) is 12.8. The zero-order valence-electron chi connectivity index (χ0n) is 12.8. The van der Waals surface area contributed by atoms with E-state index in [9.17, 15) is 17.6 Å². The van der Waals surface area contributed by atoms with Gasteiger partial charge in [0.2, 0.25) is 0 Å². The van der Waals surface area contributed by atoms with Crippen LogP contribution >= 0.6 is 0 Å². The fraction of sp³-hybridized carbons (Fsp3) is 0.375. The SMILES string of the molecule is Fc1cccnc1N1CCN(Cc2cccnc2C(F)(F)F)CC1. The average Bonchev–Trinajstić information content (AvgIpc) is 2.56. The van der Waals surface area contributed by atoms with Crippen molar-refractivity contribution in [2.24, 2.45) is 0 Å². The van der Waals surface area contributed by atoms with Gasteiger partial charge in [-0.25, -0.2) is 9.37 Å². The molecule has 24 heavy (non-hydrogen) atoms. The second-order valence-corrected chi connectivity index (χ2v) is 5.58. The molecule has 8 heteroatoms. The first-order valence-corrected chi connectivity index (χ1v) is 7.54. The lowest BCUT2D eigenvalue weighted by atomic mass is 10.1. The quantitative estimate of drug-likeness (QED) is 0.804. The Bertz CT molecular complexity index is 696. The van der Waals surface area contributed by atoms with E-state index >= 15 is 0 Å². The van der Waals surface area contributed by atoms with Crippen LogP contribution in [0.15, 0.2) is 36.7 Å². The molecule has 0 aromatic carbocycles. The third kappa shape index (κ3) is 3.64. The number of hydrogen-bond acceptors (Lipinski definition) is 4. The number of aromatic nitrogens is 2. The predicted molar refractivity (Wildman–Crippen MR) is 80.9 cm³/mol. The van der Waals surface area contributed by atoms with Gasteiger partial charge in [0.15, 0.2) is 11.6 Å². The number of pyridine rings is 2. The first kappa shape index (κ1) is 16.6. The van der Waals surface area contributed by atoms with Crippen LogP contribution in [0.2, 0.25) is 0 Å². The van der Waals surface area contributed by atoms with E-state index in [-0.39, 0.29) is 17.9 Å². The molecule has 4 nitrogen and oxygen atoms in total. The Hall–Kier alpha value is -2.22. The largest absolute Gasteiger partial charge is 0.433 e. The van der Waals surface area contributed by atoms with E-state index in [4.69, 9.17) is 0 Å². The summed E-state index contributed by atoms with van der Waals surface area (Å²) in [4.78, 5) is 11.2. The number of nitrogens with zero attached hydrogens (tertiary/aromatic N) is 4.